The summed E-state index contributed by atoms with van der Waals surface area (Å²) in [6, 6.07) is 20.1. The number of nitrogens with zero attached hydrogens (tertiary/aromatic N) is 1. The van der Waals surface area contributed by atoms with Gasteiger partial charge in [0.25, 0.3) is 5.91 Å². The third-order valence-electron chi connectivity index (χ3n) is 4.50. The van der Waals surface area contributed by atoms with Crippen LogP contribution in [0.3, 0.4) is 0 Å². The fraction of sp³-hybridized carbons (Fsp3) is 0.0833. The molecule has 8 heteroatoms. The van der Waals surface area contributed by atoms with Crippen molar-refractivity contribution in [1.29, 1.82) is 0 Å². The van der Waals surface area contributed by atoms with Crippen molar-refractivity contribution in [3.05, 3.63) is 92.8 Å². The number of methoxy groups -OCH3 is 1. The number of amidine groups is 1. The number of benzene rings is 3. The second kappa shape index (κ2) is 10.1. The second-order valence-electron chi connectivity index (χ2n) is 6.78. The minimum Gasteiger partial charge on any atom is -0.493 e. The fourth-order valence-electron chi connectivity index (χ4n) is 2.90. The number of amides is 1. The molecule has 4 rings (SSSR count). The molecule has 0 atom stereocenters. The molecule has 162 valence electrons. The van der Waals surface area contributed by atoms with Gasteiger partial charge in [0.2, 0.25) is 0 Å². The lowest BCUT2D eigenvalue weighted by Gasteiger charge is -2.11. The summed E-state index contributed by atoms with van der Waals surface area (Å²) in [5.41, 5.74) is 2.52. The van der Waals surface area contributed by atoms with Crippen molar-refractivity contribution in [3.63, 3.8) is 0 Å². The predicted molar refractivity (Wildman–Crippen MR) is 131 cm³/mol. The van der Waals surface area contributed by atoms with Gasteiger partial charge in [-0.3, -0.25) is 4.79 Å². The van der Waals surface area contributed by atoms with Crippen LogP contribution in [0.1, 0.15) is 11.1 Å². The number of halogens is 2. The molecule has 1 heterocycles. The maximum Gasteiger partial charge on any atom is 0.264 e. The Hall–Kier alpha value is -2.93. The first-order chi connectivity index (χ1) is 15.5. The van der Waals surface area contributed by atoms with E-state index in [1.807, 2.05) is 42.5 Å². The van der Waals surface area contributed by atoms with E-state index in [1.165, 1.54) is 11.8 Å². The third kappa shape index (κ3) is 5.65. The van der Waals surface area contributed by atoms with Crippen LogP contribution in [-0.2, 0) is 11.4 Å². The van der Waals surface area contributed by atoms with Crippen LogP contribution in [0.4, 0.5) is 5.69 Å². The highest BCUT2D eigenvalue weighted by Crippen LogP contribution is 2.33. The van der Waals surface area contributed by atoms with E-state index < -0.39 is 0 Å². The summed E-state index contributed by atoms with van der Waals surface area (Å²) >= 11 is 13.1. The Balaban J connectivity index is 1.47. The van der Waals surface area contributed by atoms with Crippen molar-refractivity contribution in [3.8, 4) is 11.5 Å². The average molecular weight is 485 g/mol. The predicted octanol–water partition coefficient (Wildman–Crippen LogP) is 6.47. The van der Waals surface area contributed by atoms with Crippen molar-refractivity contribution >= 4 is 57.8 Å². The zero-order chi connectivity index (χ0) is 22.5. The number of hydrogen-bond donors (Lipinski definition) is 1. The highest BCUT2D eigenvalue weighted by atomic mass is 35.5. The van der Waals surface area contributed by atoms with Crippen LogP contribution >= 0.6 is 35.0 Å². The number of ether oxygens (including phenoxy) is 2. The molecule has 5 nitrogen and oxygen atoms in total. The van der Waals surface area contributed by atoms with E-state index in [0.717, 1.165) is 11.1 Å². The van der Waals surface area contributed by atoms with E-state index in [9.17, 15) is 4.79 Å². The second-order valence-corrected chi connectivity index (χ2v) is 8.69. The monoisotopic (exact) mass is 484 g/mol. The maximum atomic E-state index is 12.4. The Morgan fingerprint density at radius 3 is 2.34 bits per heavy atom. The van der Waals surface area contributed by atoms with E-state index in [4.69, 9.17) is 32.7 Å². The summed E-state index contributed by atoms with van der Waals surface area (Å²) in [4.78, 5) is 17.4. The summed E-state index contributed by atoms with van der Waals surface area (Å²) in [7, 11) is 1.58. The van der Waals surface area contributed by atoms with Crippen LogP contribution < -0.4 is 14.8 Å². The SMILES string of the molecule is COc1cc(C=C2SC(=Nc3ccc(Cl)cc3)NC2=O)ccc1OCc1ccc(Cl)cc1. The van der Waals surface area contributed by atoms with Crippen molar-refractivity contribution in [2.75, 3.05) is 7.11 Å². The topological polar surface area (TPSA) is 59.9 Å². The van der Waals surface area contributed by atoms with Gasteiger partial charge in [0.1, 0.15) is 6.61 Å². The molecule has 3 aromatic rings. The molecule has 1 aliphatic rings. The molecule has 1 amide bonds. The summed E-state index contributed by atoms with van der Waals surface area (Å²) in [5.74, 6) is 0.981. The average Bonchev–Trinajstić information content (AvgIpc) is 3.13. The number of thioether (sulfide) groups is 1. The summed E-state index contributed by atoms with van der Waals surface area (Å²) < 4.78 is 11.4. The van der Waals surface area contributed by atoms with E-state index in [-0.39, 0.29) is 5.91 Å². The normalized spacial score (nSPS) is 15.8. The molecule has 1 fully saturated rings. The molecule has 0 aromatic heterocycles. The molecule has 0 unspecified atom stereocenters. The van der Waals surface area contributed by atoms with Gasteiger partial charge in [0.05, 0.1) is 17.7 Å². The molecule has 1 N–H and O–H groups in total. The number of rotatable bonds is 6. The number of carbonyl (C=O) groups is 1. The lowest BCUT2D eigenvalue weighted by atomic mass is 10.2. The van der Waals surface area contributed by atoms with Gasteiger partial charge >= 0.3 is 0 Å². The number of aliphatic imine (C=N–C) groups is 1. The van der Waals surface area contributed by atoms with Crippen LogP contribution in [0.25, 0.3) is 6.08 Å². The van der Waals surface area contributed by atoms with Crippen molar-refractivity contribution in [1.82, 2.24) is 5.32 Å². The Kier molecular flexibility index (Phi) is 7.05. The van der Waals surface area contributed by atoms with Crippen molar-refractivity contribution in [2.45, 2.75) is 6.61 Å². The Labute approximate surface area is 200 Å². The molecule has 0 spiro atoms. The first kappa shape index (κ1) is 22.3. The minimum absolute atomic E-state index is 0.204. The van der Waals surface area contributed by atoms with E-state index in [1.54, 1.807) is 37.5 Å². The standard InChI is InChI=1S/C24H18Cl2N2O3S/c1-30-21-12-16(4-11-20(21)31-14-15-2-5-17(25)6-3-15)13-22-23(29)28-24(32-22)27-19-9-7-18(26)8-10-19/h2-13H,14H2,1H3,(H,27,28,29). The molecule has 0 saturated carbocycles. The van der Waals surface area contributed by atoms with Gasteiger partial charge in [0, 0.05) is 10.0 Å². The quantitative estimate of drug-likeness (QED) is 0.407. The highest BCUT2D eigenvalue weighted by Gasteiger charge is 2.24. The van der Waals surface area contributed by atoms with E-state index in [0.29, 0.717) is 43.9 Å². The van der Waals surface area contributed by atoms with Crippen LogP contribution in [0.15, 0.2) is 76.6 Å². The number of nitrogens with one attached hydrogen (secondary N) is 1. The Bertz CT molecular complexity index is 1190. The van der Waals surface area contributed by atoms with Crippen LogP contribution in [-0.4, -0.2) is 18.2 Å². The zero-order valence-corrected chi connectivity index (χ0v) is 19.3. The fourth-order valence-corrected chi connectivity index (χ4v) is 3.99. The first-order valence-corrected chi connectivity index (χ1v) is 11.2. The molecular formula is C24H18Cl2N2O3S. The molecule has 0 radical (unpaired) electrons. The number of hydrogen-bond acceptors (Lipinski definition) is 5. The molecule has 3 aromatic carbocycles. The Morgan fingerprint density at radius 2 is 1.66 bits per heavy atom. The highest BCUT2D eigenvalue weighted by molar-refractivity contribution is 8.18. The van der Waals surface area contributed by atoms with Crippen LogP contribution in [0.2, 0.25) is 10.0 Å². The van der Waals surface area contributed by atoms with Crippen molar-refractivity contribution in [2.24, 2.45) is 4.99 Å². The largest absolute Gasteiger partial charge is 0.493 e. The molecule has 1 saturated heterocycles. The van der Waals surface area contributed by atoms with E-state index >= 15 is 0 Å². The summed E-state index contributed by atoms with van der Waals surface area (Å²) in [6.07, 6.45) is 1.79. The molecular weight excluding hydrogens is 467 g/mol. The lowest BCUT2D eigenvalue weighted by Crippen LogP contribution is -2.19. The van der Waals surface area contributed by atoms with Gasteiger partial charge in [-0.2, -0.15) is 0 Å². The lowest BCUT2D eigenvalue weighted by molar-refractivity contribution is -0.115. The van der Waals surface area contributed by atoms with Crippen molar-refractivity contribution < 1.29 is 14.3 Å². The van der Waals surface area contributed by atoms with Crippen LogP contribution in [0, 0.1) is 0 Å². The van der Waals surface area contributed by atoms with Gasteiger partial charge < -0.3 is 14.8 Å². The maximum absolute atomic E-state index is 12.4. The van der Waals surface area contributed by atoms with Gasteiger partial charge in [-0.05, 0) is 77.5 Å². The van der Waals surface area contributed by atoms with Crippen LogP contribution in [0.5, 0.6) is 11.5 Å². The third-order valence-corrected chi connectivity index (χ3v) is 5.92. The summed E-state index contributed by atoms with van der Waals surface area (Å²) in [5, 5.41) is 4.60. The molecule has 0 bridgehead atoms. The smallest absolute Gasteiger partial charge is 0.264 e. The minimum atomic E-state index is -0.204. The molecule has 32 heavy (non-hydrogen) atoms. The molecule has 0 aliphatic carbocycles. The van der Waals surface area contributed by atoms with Gasteiger partial charge in [-0.1, -0.05) is 41.4 Å². The van der Waals surface area contributed by atoms with Gasteiger partial charge in [-0.25, -0.2) is 4.99 Å². The van der Waals surface area contributed by atoms with Gasteiger partial charge in [-0.15, -0.1) is 0 Å². The molecule has 1 aliphatic heterocycles. The first-order valence-electron chi connectivity index (χ1n) is 9.60. The van der Waals surface area contributed by atoms with Gasteiger partial charge in [0.15, 0.2) is 16.7 Å². The zero-order valence-electron chi connectivity index (χ0n) is 17.0. The summed E-state index contributed by atoms with van der Waals surface area (Å²) in [6.45, 7) is 0.386. The number of carbonyl (C=O) groups excluding carboxylic acids is 1. The Morgan fingerprint density at radius 1 is 0.969 bits per heavy atom. The van der Waals surface area contributed by atoms with E-state index in [2.05, 4.69) is 10.3 Å².